The molecule has 1 aliphatic carbocycles. The van der Waals surface area contributed by atoms with Gasteiger partial charge in [-0.1, -0.05) is 36.8 Å². The molecule has 212 valence electrons. The number of amides is 2. The summed E-state index contributed by atoms with van der Waals surface area (Å²) in [4.78, 5) is 28.9. The standard InChI is InChI=1S/C30H50BN3O4/c1-22(35)32-30(26(36)33-27(2,3)4)19-23(17-18-31-37-28(5,6)29(7,8)38-31)15-16-25(30)21-34(9)20-24-13-11-10-12-14-24/h10-14,23,25H,15-21H2,1-9H3,(H,32,35)(H,33,36). The van der Waals surface area contributed by atoms with Crippen LogP contribution in [0.5, 0.6) is 0 Å². The van der Waals surface area contributed by atoms with Crippen LogP contribution in [-0.2, 0) is 25.4 Å². The van der Waals surface area contributed by atoms with Crippen molar-refractivity contribution in [1.29, 1.82) is 0 Å². The molecule has 2 fully saturated rings. The topological polar surface area (TPSA) is 79.9 Å². The minimum absolute atomic E-state index is 0.00411. The molecule has 8 heteroatoms. The third-order valence-corrected chi connectivity index (χ3v) is 8.46. The lowest BCUT2D eigenvalue weighted by Crippen LogP contribution is -2.68. The van der Waals surface area contributed by atoms with Crippen molar-refractivity contribution in [1.82, 2.24) is 15.5 Å². The summed E-state index contributed by atoms with van der Waals surface area (Å²) in [5.74, 6) is 0.0212. The van der Waals surface area contributed by atoms with E-state index in [2.05, 4.69) is 62.4 Å². The number of carbonyl (C=O) groups is 2. The number of benzene rings is 1. The van der Waals surface area contributed by atoms with Crippen molar-refractivity contribution in [3.8, 4) is 0 Å². The zero-order valence-corrected chi connectivity index (χ0v) is 25.1. The van der Waals surface area contributed by atoms with Gasteiger partial charge in [0, 0.05) is 31.5 Å². The molecule has 3 unspecified atom stereocenters. The van der Waals surface area contributed by atoms with E-state index >= 15 is 0 Å². The summed E-state index contributed by atoms with van der Waals surface area (Å²) < 4.78 is 12.5. The lowest BCUT2D eigenvalue weighted by atomic mass is 9.64. The van der Waals surface area contributed by atoms with Gasteiger partial charge in [-0.05, 0) is 92.6 Å². The average Bonchev–Trinajstić information content (AvgIpc) is 2.99. The molecule has 2 aliphatic rings. The van der Waals surface area contributed by atoms with Crippen molar-refractivity contribution in [3.05, 3.63) is 35.9 Å². The van der Waals surface area contributed by atoms with E-state index in [0.29, 0.717) is 6.42 Å². The molecule has 0 aromatic heterocycles. The second kappa shape index (κ2) is 11.7. The Morgan fingerprint density at radius 1 is 1.05 bits per heavy atom. The maximum atomic E-state index is 14.0. The molecule has 38 heavy (non-hydrogen) atoms. The van der Waals surface area contributed by atoms with Crippen LogP contribution in [0.4, 0.5) is 0 Å². The Kier molecular flexibility index (Phi) is 9.43. The summed E-state index contributed by atoms with van der Waals surface area (Å²) in [5.41, 5.74) is -0.854. The molecule has 2 amide bonds. The molecule has 1 saturated carbocycles. The molecule has 7 nitrogen and oxygen atoms in total. The molecule has 1 aromatic rings. The first-order valence-corrected chi connectivity index (χ1v) is 14.2. The van der Waals surface area contributed by atoms with Crippen molar-refractivity contribution in [3.63, 3.8) is 0 Å². The summed E-state index contributed by atoms with van der Waals surface area (Å²) >= 11 is 0. The first kappa shape index (κ1) is 30.6. The molecule has 0 bridgehead atoms. The number of nitrogens with zero attached hydrogens (tertiary/aromatic N) is 1. The first-order valence-electron chi connectivity index (χ1n) is 14.2. The van der Waals surface area contributed by atoms with Crippen LogP contribution >= 0.6 is 0 Å². The zero-order valence-electron chi connectivity index (χ0n) is 25.1. The summed E-state index contributed by atoms with van der Waals surface area (Å²) in [6, 6.07) is 10.4. The van der Waals surface area contributed by atoms with Gasteiger partial charge in [0.05, 0.1) is 11.2 Å². The van der Waals surface area contributed by atoms with Gasteiger partial charge in [0.2, 0.25) is 11.8 Å². The smallest absolute Gasteiger partial charge is 0.403 e. The van der Waals surface area contributed by atoms with E-state index < -0.39 is 11.1 Å². The molecule has 2 N–H and O–H groups in total. The van der Waals surface area contributed by atoms with Gasteiger partial charge in [-0.25, -0.2) is 0 Å². The Morgan fingerprint density at radius 3 is 2.21 bits per heavy atom. The van der Waals surface area contributed by atoms with Gasteiger partial charge in [0.25, 0.3) is 0 Å². The van der Waals surface area contributed by atoms with Gasteiger partial charge in [-0.2, -0.15) is 0 Å². The monoisotopic (exact) mass is 527 g/mol. The highest BCUT2D eigenvalue weighted by Gasteiger charge is 2.53. The summed E-state index contributed by atoms with van der Waals surface area (Å²) in [6.45, 7) is 17.3. The minimum atomic E-state index is -0.969. The second-order valence-corrected chi connectivity index (χ2v) is 13.6. The number of hydrogen-bond donors (Lipinski definition) is 2. The van der Waals surface area contributed by atoms with Crippen molar-refractivity contribution in [2.75, 3.05) is 13.6 Å². The van der Waals surface area contributed by atoms with Crippen LogP contribution in [0.1, 0.15) is 86.6 Å². The van der Waals surface area contributed by atoms with E-state index in [9.17, 15) is 9.59 Å². The maximum absolute atomic E-state index is 14.0. The van der Waals surface area contributed by atoms with Crippen LogP contribution in [0.3, 0.4) is 0 Å². The lowest BCUT2D eigenvalue weighted by Gasteiger charge is -2.48. The van der Waals surface area contributed by atoms with Crippen LogP contribution in [0.15, 0.2) is 30.3 Å². The van der Waals surface area contributed by atoms with Crippen LogP contribution in [-0.4, -0.2) is 59.7 Å². The van der Waals surface area contributed by atoms with Gasteiger partial charge in [-0.15, -0.1) is 0 Å². The van der Waals surface area contributed by atoms with Crippen LogP contribution in [0.2, 0.25) is 6.32 Å². The second-order valence-electron chi connectivity index (χ2n) is 13.6. The van der Waals surface area contributed by atoms with Gasteiger partial charge >= 0.3 is 7.12 Å². The highest BCUT2D eigenvalue weighted by molar-refractivity contribution is 6.45. The SMILES string of the molecule is CC(=O)NC1(C(=O)NC(C)(C)C)CC(CCB2OC(C)(C)C(C)(C)O2)CCC1CN(C)Cc1ccccc1. The van der Waals surface area contributed by atoms with Gasteiger partial charge in [0.1, 0.15) is 5.54 Å². The van der Waals surface area contributed by atoms with E-state index in [4.69, 9.17) is 9.31 Å². The number of hydrogen-bond acceptors (Lipinski definition) is 5. The Morgan fingerprint density at radius 2 is 1.66 bits per heavy atom. The number of nitrogens with one attached hydrogen (secondary N) is 2. The Labute approximate surface area is 230 Å². The van der Waals surface area contributed by atoms with Gasteiger partial charge in [0.15, 0.2) is 0 Å². The van der Waals surface area contributed by atoms with E-state index in [0.717, 1.165) is 38.7 Å². The predicted molar refractivity (Wildman–Crippen MR) is 154 cm³/mol. The fourth-order valence-electron chi connectivity index (χ4n) is 5.95. The zero-order chi connectivity index (χ0) is 28.4. The first-order chi connectivity index (χ1) is 17.5. The van der Waals surface area contributed by atoms with E-state index in [1.165, 1.54) is 12.5 Å². The highest BCUT2D eigenvalue weighted by Crippen LogP contribution is 2.43. The van der Waals surface area contributed by atoms with Gasteiger partial charge < -0.3 is 24.8 Å². The molecule has 0 spiro atoms. The van der Waals surface area contributed by atoms with Crippen molar-refractivity contribution < 1.29 is 18.9 Å². The van der Waals surface area contributed by atoms with E-state index in [1.54, 1.807) is 0 Å². The molecular formula is C30H50BN3O4. The van der Waals surface area contributed by atoms with Crippen molar-refractivity contribution >= 4 is 18.9 Å². The molecule has 1 aromatic carbocycles. The molecule has 1 saturated heterocycles. The highest BCUT2D eigenvalue weighted by atomic mass is 16.7. The number of carbonyl (C=O) groups excluding carboxylic acids is 2. The normalized spacial score (nSPS) is 26.8. The molecule has 3 atom stereocenters. The fraction of sp³-hybridized carbons (Fsp3) is 0.733. The third kappa shape index (κ3) is 7.61. The Hall–Kier alpha value is -1.90. The van der Waals surface area contributed by atoms with Crippen LogP contribution in [0.25, 0.3) is 0 Å². The average molecular weight is 528 g/mol. The van der Waals surface area contributed by atoms with Crippen LogP contribution in [0, 0.1) is 11.8 Å². The summed E-state index contributed by atoms with van der Waals surface area (Å²) in [6.07, 6.45) is 4.14. The largest absolute Gasteiger partial charge is 0.457 e. The number of rotatable bonds is 9. The van der Waals surface area contributed by atoms with Gasteiger partial charge in [-0.3, -0.25) is 9.59 Å². The lowest BCUT2D eigenvalue weighted by molar-refractivity contribution is -0.140. The summed E-state index contributed by atoms with van der Waals surface area (Å²) in [7, 11) is 1.84. The maximum Gasteiger partial charge on any atom is 0.457 e. The third-order valence-electron chi connectivity index (χ3n) is 8.46. The summed E-state index contributed by atoms with van der Waals surface area (Å²) in [5, 5.41) is 6.39. The van der Waals surface area contributed by atoms with Crippen molar-refractivity contribution in [2.24, 2.45) is 11.8 Å². The molecular weight excluding hydrogens is 477 g/mol. The molecule has 1 aliphatic heterocycles. The minimum Gasteiger partial charge on any atom is -0.403 e. The predicted octanol–water partition coefficient (Wildman–Crippen LogP) is 4.81. The Balaban J connectivity index is 1.80. The fourth-order valence-corrected chi connectivity index (χ4v) is 5.95. The Bertz CT molecular complexity index is 946. The van der Waals surface area contributed by atoms with Crippen LogP contribution < -0.4 is 10.6 Å². The van der Waals surface area contributed by atoms with E-state index in [1.807, 2.05) is 39.0 Å². The van der Waals surface area contributed by atoms with Crippen molar-refractivity contribution in [2.45, 2.75) is 116 Å². The molecule has 3 rings (SSSR count). The molecule has 1 heterocycles. The molecule has 0 radical (unpaired) electrons. The quantitative estimate of drug-likeness (QED) is 0.451. The van der Waals surface area contributed by atoms with E-state index in [-0.39, 0.29) is 42.0 Å².